The monoisotopic (exact) mass is 240 g/mol. The highest BCUT2D eigenvalue weighted by molar-refractivity contribution is 5.85. The zero-order valence-corrected chi connectivity index (χ0v) is 9.86. The second-order valence-electron chi connectivity index (χ2n) is 3.57. The van der Waals surface area contributed by atoms with Gasteiger partial charge in [0.05, 0.1) is 19.6 Å². The summed E-state index contributed by atoms with van der Waals surface area (Å²) in [7, 11) is 1.61. The van der Waals surface area contributed by atoms with Crippen LogP contribution in [0.3, 0.4) is 0 Å². The number of aryl methyl sites for hydroxylation is 1. The van der Waals surface area contributed by atoms with E-state index >= 15 is 0 Å². The van der Waals surface area contributed by atoms with E-state index in [4.69, 9.17) is 5.73 Å². The number of aromatic nitrogens is 3. The van der Waals surface area contributed by atoms with Crippen LogP contribution in [0, 0.1) is 6.92 Å². The minimum absolute atomic E-state index is 0.0735. The Kier molecular flexibility index (Phi) is 4.58. The van der Waals surface area contributed by atoms with Crippen molar-refractivity contribution in [3.05, 3.63) is 11.6 Å². The SMILES string of the molecule is Cc1nc(CN(C)C(=O)CNC(=O)CN)n[nH]1. The molecule has 2 amide bonds. The van der Waals surface area contributed by atoms with Gasteiger partial charge in [-0.25, -0.2) is 4.98 Å². The number of carbonyl (C=O) groups excluding carboxylic acids is 2. The predicted octanol–water partition coefficient (Wildman–Crippen LogP) is -1.85. The van der Waals surface area contributed by atoms with E-state index in [2.05, 4.69) is 20.5 Å². The van der Waals surface area contributed by atoms with Crippen LogP contribution in [0.25, 0.3) is 0 Å². The molecule has 0 spiro atoms. The average Bonchev–Trinajstić information content (AvgIpc) is 2.70. The van der Waals surface area contributed by atoms with Crippen molar-refractivity contribution in [3.8, 4) is 0 Å². The summed E-state index contributed by atoms with van der Waals surface area (Å²) in [6, 6.07) is 0. The quantitative estimate of drug-likeness (QED) is 0.558. The Bertz CT molecular complexity index is 402. The molecular formula is C9H16N6O2. The molecule has 1 aromatic heterocycles. The lowest BCUT2D eigenvalue weighted by atomic mass is 10.4. The van der Waals surface area contributed by atoms with Gasteiger partial charge in [0, 0.05) is 7.05 Å². The Hall–Kier alpha value is -1.96. The van der Waals surface area contributed by atoms with E-state index in [0.29, 0.717) is 18.2 Å². The number of likely N-dealkylation sites (N-methyl/N-ethyl adjacent to an activating group) is 1. The van der Waals surface area contributed by atoms with Gasteiger partial charge in [0.15, 0.2) is 5.82 Å². The number of nitrogens with two attached hydrogens (primary N) is 1. The van der Waals surface area contributed by atoms with E-state index < -0.39 is 0 Å². The van der Waals surface area contributed by atoms with Gasteiger partial charge in [-0.15, -0.1) is 0 Å². The van der Waals surface area contributed by atoms with Crippen LogP contribution in [0.15, 0.2) is 0 Å². The van der Waals surface area contributed by atoms with Crippen LogP contribution < -0.4 is 11.1 Å². The maximum Gasteiger partial charge on any atom is 0.242 e. The molecule has 0 fully saturated rings. The molecular weight excluding hydrogens is 224 g/mol. The number of carbonyl (C=O) groups is 2. The number of H-pyrrole nitrogens is 1. The molecule has 1 aromatic rings. The highest BCUT2D eigenvalue weighted by Gasteiger charge is 2.12. The third-order valence-corrected chi connectivity index (χ3v) is 2.07. The van der Waals surface area contributed by atoms with Gasteiger partial charge in [0.25, 0.3) is 0 Å². The van der Waals surface area contributed by atoms with Gasteiger partial charge in [0.2, 0.25) is 11.8 Å². The van der Waals surface area contributed by atoms with E-state index in [-0.39, 0.29) is 24.9 Å². The molecule has 0 aliphatic rings. The Balaban J connectivity index is 2.39. The Morgan fingerprint density at radius 1 is 1.53 bits per heavy atom. The third kappa shape index (κ3) is 4.19. The summed E-state index contributed by atoms with van der Waals surface area (Å²) in [6.07, 6.45) is 0. The lowest BCUT2D eigenvalue weighted by Crippen LogP contribution is -2.40. The number of aromatic amines is 1. The van der Waals surface area contributed by atoms with Crippen LogP contribution in [0.1, 0.15) is 11.6 Å². The highest BCUT2D eigenvalue weighted by Crippen LogP contribution is 1.96. The zero-order chi connectivity index (χ0) is 12.8. The van der Waals surface area contributed by atoms with Gasteiger partial charge in [-0.1, -0.05) is 0 Å². The Morgan fingerprint density at radius 3 is 2.76 bits per heavy atom. The average molecular weight is 240 g/mol. The van der Waals surface area contributed by atoms with Crippen molar-refractivity contribution in [3.63, 3.8) is 0 Å². The van der Waals surface area contributed by atoms with Crippen LogP contribution in [-0.4, -0.2) is 52.0 Å². The maximum absolute atomic E-state index is 11.6. The van der Waals surface area contributed by atoms with Gasteiger partial charge in [0.1, 0.15) is 5.82 Å². The number of nitrogens with one attached hydrogen (secondary N) is 2. The molecule has 94 valence electrons. The van der Waals surface area contributed by atoms with Gasteiger partial charge in [-0.2, -0.15) is 5.10 Å². The summed E-state index contributed by atoms with van der Waals surface area (Å²) in [5, 5.41) is 9.00. The Labute approximate surface area is 98.6 Å². The largest absolute Gasteiger partial charge is 0.346 e. The summed E-state index contributed by atoms with van der Waals surface area (Å²) in [4.78, 5) is 27.9. The lowest BCUT2D eigenvalue weighted by Gasteiger charge is -2.15. The molecule has 8 nitrogen and oxygen atoms in total. The van der Waals surface area contributed by atoms with E-state index in [0.717, 1.165) is 0 Å². The normalized spacial score (nSPS) is 10.1. The molecule has 4 N–H and O–H groups in total. The van der Waals surface area contributed by atoms with Crippen LogP contribution in [0.4, 0.5) is 0 Å². The molecule has 0 atom stereocenters. The van der Waals surface area contributed by atoms with Crippen molar-refractivity contribution in [2.45, 2.75) is 13.5 Å². The Morgan fingerprint density at radius 2 is 2.24 bits per heavy atom. The van der Waals surface area contributed by atoms with E-state index in [1.165, 1.54) is 4.90 Å². The molecule has 0 saturated carbocycles. The molecule has 0 radical (unpaired) electrons. The fourth-order valence-electron chi connectivity index (χ4n) is 1.14. The van der Waals surface area contributed by atoms with Crippen molar-refractivity contribution < 1.29 is 9.59 Å². The minimum atomic E-state index is -0.361. The topological polar surface area (TPSA) is 117 Å². The summed E-state index contributed by atoms with van der Waals surface area (Å²) in [5.74, 6) is 0.635. The van der Waals surface area contributed by atoms with Crippen molar-refractivity contribution in [2.24, 2.45) is 5.73 Å². The summed E-state index contributed by atoms with van der Waals surface area (Å²) in [5.41, 5.74) is 5.10. The first-order valence-electron chi connectivity index (χ1n) is 5.11. The number of hydrogen-bond acceptors (Lipinski definition) is 5. The molecule has 1 heterocycles. The van der Waals surface area contributed by atoms with E-state index in [1.54, 1.807) is 14.0 Å². The van der Waals surface area contributed by atoms with E-state index in [1.807, 2.05) is 0 Å². The molecule has 0 aromatic carbocycles. The molecule has 1 rings (SSSR count). The van der Waals surface area contributed by atoms with Crippen LogP contribution in [0.2, 0.25) is 0 Å². The highest BCUT2D eigenvalue weighted by atomic mass is 16.2. The fraction of sp³-hybridized carbons (Fsp3) is 0.556. The van der Waals surface area contributed by atoms with Gasteiger partial charge >= 0.3 is 0 Å². The standard InChI is InChI=1S/C9H16N6O2/c1-6-12-7(14-13-6)5-15(2)9(17)4-11-8(16)3-10/h3-5,10H2,1-2H3,(H,11,16)(H,12,13,14). The summed E-state index contributed by atoms with van der Waals surface area (Å²) >= 11 is 0. The molecule has 0 saturated heterocycles. The van der Waals surface area contributed by atoms with Crippen LogP contribution in [-0.2, 0) is 16.1 Å². The maximum atomic E-state index is 11.6. The number of amides is 2. The minimum Gasteiger partial charge on any atom is -0.346 e. The predicted molar refractivity (Wildman–Crippen MR) is 59.7 cm³/mol. The van der Waals surface area contributed by atoms with Crippen LogP contribution >= 0.6 is 0 Å². The van der Waals surface area contributed by atoms with Crippen molar-refractivity contribution in [1.29, 1.82) is 0 Å². The summed E-state index contributed by atoms with van der Waals surface area (Å²) < 4.78 is 0. The number of rotatable bonds is 5. The lowest BCUT2D eigenvalue weighted by molar-refractivity contribution is -0.132. The molecule has 17 heavy (non-hydrogen) atoms. The van der Waals surface area contributed by atoms with Gasteiger partial charge < -0.3 is 16.0 Å². The molecule has 0 bridgehead atoms. The number of hydrogen-bond donors (Lipinski definition) is 3. The van der Waals surface area contributed by atoms with Gasteiger partial charge in [-0.3, -0.25) is 14.7 Å². The first kappa shape index (κ1) is 13.1. The first-order chi connectivity index (χ1) is 8.02. The van der Waals surface area contributed by atoms with Crippen molar-refractivity contribution in [2.75, 3.05) is 20.1 Å². The van der Waals surface area contributed by atoms with Crippen LogP contribution in [0.5, 0.6) is 0 Å². The smallest absolute Gasteiger partial charge is 0.242 e. The second-order valence-corrected chi connectivity index (χ2v) is 3.57. The molecule has 8 heteroatoms. The van der Waals surface area contributed by atoms with Crippen molar-refractivity contribution >= 4 is 11.8 Å². The van der Waals surface area contributed by atoms with Gasteiger partial charge in [-0.05, 0) is 6.92 Å². The third-order valence-electron chi connectivity index (χ3n) is 2.07. The zero-order valence-electron chi connectivity index (χ0n) is 9.86. The second kappa shape index (κ2) is 5.94. The number of nitrogens with zero attached hydrogens (tertiary/aromatic N) is 3. The van der Waals surface area contributed by atoms with E-state index in [9.17, 15) is 9.59 Å². The molecule has 0 aliphatic carbocycles. The molecule has 0 aliphatic heterocycles. The first-order valence-corrected chi connectivity index (χ1v) is 5.11. The summed E-state index contributed by atoms with van der Waals surface area (Å²) in [6.45, 7) is 1.87. The molecule has 0 unspecified atom stereocenters. The van der Waals surface area contributed by atoms with Crippen molar-refractivity contribution in [1.82, 2.24) is 25.4 Å². The fourth-order valence-corrected chi connectivity index (χ4v) is 1.14.